The van der Waals surface area contributed by atoms with Gasteiger partial charge in [-0.1, -0.05) is 182 Å². The van der Waals surface area contributed by atoms with Crippen LogP contribution in [0.4, 0.5) is 11.5 Å². The van der Waals surface area contributed by atoms with Crippen molar-refractivity contribution in [1.29, 1.82) is 0 Å². The number of nitrogen functional groups attached to an aromatic ring is 1. The molecule has 1 saturated carbocycles. The van der Waals surface area contributed by atoms with Gasteiger partial charge in [0.2, 0.25) is 0 Å². The van der Waals surface area contributed by atoms with E-state index in [1.54, 1.807) is 32.9 Å². The minimum Gasteiger partial charge on any atom is -0.0622 e. The topological polar surface area (TPSA) is 98.4 Å². The van der Waals surface area contributed by atoms with Crippen LogP contribution in [0.25, 0.3) is 11.4 Å². The van der Waals surface area contributed by atoms with Gasteiger partial charge in [-0.2, -0.15) is 0 Å². The van der Waals surface area contributed by atoms with E-state index in [1.807, 2.05) is 18.2 Å². The van der Waals surface area contributed by atoms with Crippen molar-refractivity contribution in [3.8, 4) is 11.4 Å². The molecule has 1 aliphatic heterocycles. The quantitative estimate of drug-likeness (QED) is 0.0827. The van der Waals surface area contributed by atoms with Gasteiger partial charge in [-0.15, -0.1) is 0 Å². The fraction of sp³-hybridized carbons (Fsp3) is 0.207. The number of rotatable bonds is 10. The van der Waals surface area contributed by atoms with E-state index in [2.05, 4.69) is 194 Å². The number of benzene rings is 7. The SMILES string of the molecule is C[C@H]1COCCN1c1cc(C2(S(=O)(=O)C(C)(C)C)CC2)nc(-c2ccc(N)cc2)n1.[Cl][Pd][Cl].c1ccc(P(c2ccccc2)c2ccccc2)cc1.c1ccc(P(c2ccccc2)c2ccccc2)cc1. The van der Waals surface area contributed by atoms with Crippen molar-refractivity contribution in [3.63, 3.8) is 0 Å². The molecule has 2 heterocycles. The largest absolute Gasteiger partial charge is 0.0622 e. The molecule has 7 nitrogen and oxygen atoms in total. The van der Waals surface area contributed by atoms with Gasteiger partial charge in [0.1, 0.15) is 10.6 Å². The standard InChI is InChI=1S/C22H30N4O3S.2C18H15P.2ClH.Pd/c1-15-14-29-12-11-26(15)19-13-18(22(9-10-22)30(27,28)21(2,3)4)24-20(25-19)16-5-7-17(23)8-6-16;2*1-4-10-16(11-5-1)19(17-12-6-2-7-13-17)18-14-8-3-9-15-18;;;/h5-8,13,15H,9-12,14,23H2,1-4H3;2*1-15H;2*1H;/q;;;;;+2/p-2/t15-;;;;;/m0...../s1. The van der Waals surface area contributed by atoms with Gasteiger partial charge in [-0.25, -0.2) is 18.4 Å². The first kappa shape index (κ1) is 54.0. The van der Waals surface area contributed by atoms with E-state index >= 15 is 0 Å². The van der Waals surface area contributed by atoms with Crippen LogP contribution < -0.4 is 42.5 Å². The van der Waals surface area contributed by atoms with Gasteiger partial charge in [0.05, 0.1) is 29.7 Å². The molecule has 1 aliphatic carbocycles. The summed E-state index contributed by atoms with van der Waals surface area (Å²) in [4.78, 5) is 11.8. The Hall–Kier alpha value is -4.77. The fourth-order valence-corrected chi connectivity index (χ4v) is 15.2. The summed E-state index contributed by atoms with van der Waals surface area (Å²) in [6.45, 7) is 9.30. The molecule has 8 aromatic rings. The molecule has 2 fully saturated rings. The third kappa shape index (κ3) is 13.8. The van der Waals surface area contributed by atoms with E-state index in [-0.39, 0.29) is 22.0 Å². The molecule has 0 unspecified atom stereocenters. The summed E-state index contributed by atoms with van der Waals surface area (Å²) < 4.78 is 30.7. The molecule has 0 radical (unpaired) electrons. The molecule has 2 aliphatic rings. The molecule has 0 spiro atoms. The van der Waals surface area contributed by atoms with E-state index < -0.39 is 35.2 Å². The minimum atomic E-state index is -3.44. The van der Waals surface area contributed by atoms with Crippen LogP contribution in [0, 0.1) is 0 Å². The molecule has 2 N–H and O–H groups in total. The van der Waals surface area contributed by atoms with E-state index in [1.165, 1.54) is 31.8 Å². The predicted molar refractivity (Wildman–Crippen MR) is 301 cm³/mol. The molecule has 1 saturated heterocycles. The number of nitrogens with two attached hydrogens (primary N) is 1. The van der Waals surface area contributed by atoms with Gasteiger partial charge in [0.25, 0.3) is 0 Å². The zero-order valence-corrected chi connectivity index (χ0v) is 46.0. The number of anilines is 2. The third-order valence-corrected chi connectivity index (χ3v) is 20.3. The summed E-state index contributed by atoms with van der Waals surface area (Å²) >= 11 is -0.106. The number of sulfone groups is 1. The summed E-state index contributed by atoms with van der Waals surface area (Å²) in [7, 11) is 5.30. The van der Waals surface area contributed by atoms with Crippen LogP contribution in [0.3, 0.4) is 0 Å². The second-order valence-corrected chi connectivity index (χ2v) is 27.8. The number of morpholine rings is 1. The smallest absolute Gasteiger partial charge is 0.0134 e. The summed E-state index contributed by atoms with van der Waals surface area (Å²) in [5, 5.41) is 8.39. The normalized spacial score (nSPS) is 15.0. The first-order valence-electron chi connectivity index (χ1n) is 23.4. The van der Waals surface area contributed by atoms with Crippen LogP contribution in [-0.4, -0.2) is 48.9 Å². The average Bonchev–Trinajstić information content (AvgIpc) is 4.23. The van der Waals surface area contributed by atoms with Crippen LogP contribution in [0.15, 0.2) is 212 Å². The Kier molecular flexibility index (Phi) is 19.6. The Balaban J connectivity index is 0.000000158. The number of hydrogen-bond acceptors (Lipinski definition) is 7. The summed E-state index contributed by atoms with van der Waals surface area (Å²) in [5.74, 6) is 1.27. The maximum absolute atomic E-state index is 13.5. The van der Waals surface area contributed by atoms with Crippen LogP contribution >= 0.6 is 34.9 Å². The zero-order valence-electron chi connectivity index (χ0n) is 40.3. The molecule has 0 bridgehead atoms. The molecule has 370 valence electrons. The number of hydrogen-bond donors (Lipinski definition) is 1. The van der Waals surface area contributed by atoms with Crippen LogP contribution in [0.5, 0.6) is 0 Å². The van der Waals surface area contributed by atoms with Crippen LogP contribution in [-0.2, 0) is 35.3 Å². The van der Waals surface area contributed by atoms with E-state index in [4.69, 9.17) is 39.5 Å². The molecule has 10 rings (SSSR count). The monoisotopic (exact) mass is 1130 g/mol. The van der Waals surface area contributed by atoms with Gasteiger partial charge in [0.15, 0.2) is 15.7 Å². The first-order valence-corrected chi connectivity index (χ1v) is 31.6. The Bertz CT molecular complexity index is 2660. The zero-order chi connectivity index (χ0) is 50.3. The molecule has 13 heteroatoms. The van der Waals surface area contributed by atoms with E-state index in [9.17, 15) is 8.42 Å². The first-order chi connectivity index (χ1) is 34.4. The van der Waals surface area contributed by atoms with E-state index in [0.29, 0.717) is 49.8 Å². The van der Waals surface area contributed by atoms with Crippen molar-refractivity contribution in [2.45, 2.75) is 56.1 Å². The van der Waals surface area contributed by atoms with Crippen LogP contribution in [0.1, 0.15) is 46.2 Å². The number of halogens is 2. The van der Waals surface area contributed by atoms with Crippen molar-refractivity contribution in [2.24, 2.45) is 0 Å². The number of nitrogens with zero attached hydrogens (tertiary/aromatic N) is 3. The van der Waals surface area contributed by atoms with Gasteiger partial charge in [0, 0.05) is 23.9 Å². The Morgan fingerprint density at radius 3 is 1.27 bits per heavy atom. The van der Waals surface area contributed by atoms with Crippen molar-refractivity contribution < 1.29 is 29.1 Å². The Labute approximate surface area is 439 Å². The predicted octanol–water partition coefficient (Wildman–Crippen LogP) is 11.4. The molecular weight excluding hydrogens is 1070 g/mol. The fourth-order valence-electron chi connectivity index (χ4n) is 8.36. The maximum atomic E-state index is 13.5. The Morgan fingerprint density at radius 1 is 0.606 bits per heavy atom. The molecule has 71 heavy (non-hydrogen) atoms. The van der Waals surface area contributed by atoms with Gasteiger partial charge >= 0.3 is 35.0 Å². The number of ether oxygens (including phenoxy) is 1. The minimum absolute atomic E-state index is 0.106. The average molecular weight is 1130 g/mol. The Morgan fingerprint density at radius 2 is 0.958 bits per heavy atom. The van der Waals surface area contributed by atoms with Gasteiger partial charge in [-0.3, -0.25) is 0 Å². The van der Waals surface area contributed by atoms with Gasteiger partial charge in [-0.05, 0) is 112 Å². The van der Waals surface area contributed by atoms with Crippen LogP contribution in [0.2, 0.25) is 0 Å². The molecule has 7 aromatic carbocycles. The molecule has 1 atom stereocenters. The van der Waals surface area contributed by atoms with Gasteiger partial charge < -0.3 is 15.4 Å². The van der Waals surface area contributed by atoms with Crippen molar-refractivity contribution in [3.05, 3.63) is 218 Å². The third-order valence-electron chi connectivity index (χ3n) is 12.1. The molecular formula is C58H60Cl2N4O3P2PdS. The summed E-state index contributed by atoms with van der Waals surface area (Å²) in [6, 6.07) is 74.0. The second kappa shape index (κ2) is 25.8. The second-order valence-electron chi connectivity index (χ2n) is 18.0. The maximum Gasteiger partial charge on any atom is -0.0134 e. The summed E-state index contributed by atoms with van der Waals surface area (Å²) in [5.41, 5.74) is 7.91. The van der Waals surface area contributed by atoms with Crippen molar-refractivity contribution in [2.75, 3.05) is 30.4 Å². The molecule has 0 amide bonds. The van der Waals surface area contributed by atoms with E-state index in [0.717, 1.165) is 11.4 Å². The van der Waals surface area contributed by atoms with Crippen molar-refractivity contribution in [1.82, 2.24) is 9.97 Å². The summed E-state index contributed by atoms with van der Waals surface area (Å²) in [6.07, 6.45) is 1.17. The van der Waals surface area contributed by atoms with Crippen molar-refractivity contribution >= 4 is 88.1 Å². The molecule has 1 aromatic heterocycles. The number of aromatic nitrogens is 2.